The predicted octanol–water partition coefficient (Wildman–Crippen LogP) is 4.15. The molecule has 1 aromatic rings. The third-order valence-corrected chi connectivity index (χ3v) is 4.92. The number of rotatable bonds is 6. The van der Waals surface area contributed by atoms with Crippen molar-refractivity contribution in [3.63, 3.8) is 0 Å². The lowest BCUT2D eigenvalue weighted by Gasteiger charge is -2.24. The van der Waals surface area contributed by atoms with Crippen LogP contribution in [-0.4, -0.2) is 24.5 Å². The van der Waals surface area contributed by atoms with Gasteiger partial charge in [0.15, 0.2) is 0 Å². The lowest BCUT2D eigenvalue weighted by Crippen LogP contribution is -2.33. The van der Waals surface area contributed by atoms with E-state index in [2.05, 4.69) is 43.0 Å². The van der Waals surface area contributed by atoms with E-state index in [4.69, 9.17) is 5.73 Å². The zero-order chi connectivity index (χ0) is 15.1. The quantitative estimate of drug-likeness (QED) is 0.852. The molecular formula is C19H32N2. The predicted molar refractivity (Wildman–Crippen MR) is 91.4 cm³/mol. The highest BCUT2D eigenvalue weighted by Gasteiger charge is 2.18. The van der Waals surface area contributed by atoms with Crippen LogP contribution in [0.4, 0.5) is 0 Å². The van der Waals surface area contributed by atoms with E-state index in [1.165, 1.54) is 62.7 Å². The molecule has 2 atom stereocenters. The van der Waals surface area contributed by atoms with Crippen LogP contribution in [0.2, 0.25) is 0 Å². The van der Waals surface area contributed by atoms with E-state index >= 15 is 0 Å². The summed E-state index contributed by atoms with van der Waals surface area (Å²) in [5, 5.41) is 0. The molecule has 2 heteroatoms. The minimum atomic E-state index is 0.152. The van der Waals surface area contributed by atoms with E-state index < -0.39 is 0 Å². The van der Waals surface area contributed by atoms with Crippen molar-refractivity contribution in [2.45, 2.75) is 58.4 Å². The Hall–Kier alpha value is -0.860. The third kappa shape index (κ3) is 5.12. The highest BCUT2D eigenvalue weighted by Crippen LogP contribution is 2.22. The van der Waals surface area contributed by atoms with Crippen molar-refractivity contribution in [1.82, 2.24) is 4.90 Å². The molecule has 21 heavy (non-hydrogen) atoms. The van der Waals surface area contributed by atoms with E-state index in [0.29, 0.717) is 0 Å². The molecule has 0 aromatic heterocycles. The van der Waals surface area contributed by atoms with Crippen LogP contribution in [0.15, 0.2) is 24.3 Å². The molecule has 118 valence electrons. The van der Waals surface area contributed by atoms with Crippen molar-refractivity contribution < 1.29 is 0 Å². The van der Waals surface area contributed by atoms with E-state index in [9.17, 15) is 0 Å². The summed E-state index contributed by atoms with van der Waals surface area (Å²) in [7, 11) is 0. The Kier molecular flexibility index (Phi) is 6.72. The lowest BCUT2D eigenvalue weighted by atomic mass is 9.98. The number of benzene rings is 1. The molecule has 0 bridgehead atoms. The summed E-state index contributed by atoms with van der Waals surface area (Å²) < 4.78 is 0. The first-order chi connectivity index (χ1) is 10.2. The molecule has 0 aliphatic carbocycles. The van der Waals surface area contributed by atoms with Crippen LogP contribution in [-0.2, 0) is 6.42 Å². The van der Waals surface area contributed by atoms with Crippen molar-refractivity contribution >= 4 is 0 Å². The van der Waals surface area contributed by atoms with Crippen LogP contribution in [0, 0.1) is 5.92 Å². The van der Waals surface area contributed by atoms with Gasteiger partial charge in [-0.05, 0) is 55.8 Å². The fraction of sp³-hybridized carbons (Fsp3) is 0.684. The van der Waals surface area contributed by atoms with Crippen LogP contribution in [0.25, 0.3) is 0 Å². The standard InChI is InChI=1S/C19H32N2/c1-3-6-17-8-10-18(11-9-17)19(20)15-21-13-5-7-16(4-2)12-14-21/h8-11,16,19H,3-7,12-15,20H2,1-2H3. The van der Waals surface area contributed by atoms with Crippen molar-refractivity contribution in [2.75, 3.05) is 19.6 Å². The molecule has 2 unspecified atom stereocenters. The maximum atomic E-state index is 6.43. The van der Waals surface area contributed by atoms with Crippen LogP contribution < -0.4 is 5.73 Å². The molecule has 2 nitrogen and oxygen atoms in total. The lowest BCUT2D eigenvalue weighted by molar-refractivity contribution is 0.263. The van der Waals surface area contributed by atoms with Gasteiger partial charge in [0, 0.05) is 12.6 Å². The summed E-state index contributed by atoms with van der Waals surface area (Å²) in [5.41, 5.74) is 9.13. The van der Waals surface area contributed by atoms with Gasteiger partial charge in [0.1, 0.15) is 0 Å². The van der Waals surface area contributed by atoms with Crippen LogP contribution >= 0.6 is 0 Å². The van der Waals surface area contributed by atoms with E-state index in [1.54, 1.807) is 0 Å². The monoisotopic (exact) mass is 288 g/mol. The Morgan fingerprint density at radius 1 is 1.14 bits per heavy atom. The molecule has 0 amide bonds. The first-order valence-corrected chi connectivity index (χ1v) is 8.79. The smallest absolute Gasteiger partial charge is 0.0424 e. The van der Waals surface area contributed by atoms with Crippen molar-refractivity contribution in [2.24, 2.45) is 11.7 Å². The van der Waals surface area contributed by atoms with Crippen LogP contribution in [0.5, 0.6) is 0 Å². The molecule has 1 heterocycles. The minimum Gasteiger partial charge on any atom is -0.323 e. The minimum absolute atomic E-state index is 0.152. The summed E-state index contributed by atoms with van der Waals surface area (Å²) in [4.78, 5) is 2.57. The van der Waals surface area contributed by atoms with Crippen molar-refractivity contribution in [3.05, 3.63) is 35.4 Å². The van der Waals surface area contributed by atoms with Gasteiger partial charge in [-0.1, -0.05) is 51.0 Å². The van der Waals surface area contributed by atoms with Crippen LogP contribution in [0.3, 0.4) is 0 Å². The van der Waals surface area contributed by atoms with Gasteiger partial charge in [-0.2, -0.15) is 0 Å². The molecule has 1 aliphatic heterocycles. The van der Waals surface area contributed by atoms with Crippen LogP contribution in [0.1, 0.15) is 63.1 Å². The van der Waals surface area contributed by atoms with Gasteiger partial charge in [0.2, 0.25) is 0 Å². The van der Waals surface area contributed by atoms with Crippen molar-refractivity contribution in [3.8, 4) is 0 Å². The largest absolute Gasteiger partial charge is 0.323 e. The van der Waals surface area contributed by atoms with Crippen molar-refractivity contribution in [1.29, 1.82) is 0 Å². The van der Waals surface area contributed by atoms with E-state index in [0.717, 1.165) is 12.5 Å². The molecule has 0 saturated carbocycles. The van der Waals surface area contributed by atoms with Gasteiger partial charge < -0.3 is 10.6 Å². The molecular weight excluding hydrogens is 256 g/mol. The maximum absolute atomic E-state index is 6.43. The molecule has 1 saturated heterocycles. The zero-order valence-corrected chi connectivity index (χ0v) is 13.9. The molecule has 2 rings (SSSR count). The first kappa shape index (κ1) is 16.5. The maximum Gasteiger partial charge on any atom is 0.0424 e. The SMILES string of the molecule is CCCc1ccc(C(N)CN2CCCC(CC)CC2)cc1. The highest BCUT2D eigenvalue weighted by atomic mass is 15.1. The molecule has 1 fully saturated rings. The van der Waals surface area contributed by atoms with Gasteiger partial charge in [0.05, 0.1) is 0 Å². The number of aryl methyl sites for hydroxylation is 1. The van der Waals surface area contributed by atoms with Gasteiger partial charge in [0.25, 0.3) is 0 Å². The zero-order valence-electron chi connectivity index (χ0n) is 13.9. The number of nitrogens with zero attached hydrogens (tertiary/aromatic N) is 1. The molecule has 0 spiro atoms. The summed E-state index contributed by atoms with van der Waals surface area (Å²) in [5.74, 6) is 0.930. The summed E-state index contributed by atoms with van der Waals surface area (Å²) in [6, 6.07) is 9.09. The average molecular weight is 288 g/mol. The molecule has 1 aliphatic rings. The highest BCUT2D eigenvalue weighted by molar-refractivity contribution is 5.25. The summed E-state index contributed by atoms with van der Waals surface area (Å²) >= 11 is 0. The normalized spacial score (nSPS) is 22.0. The number of hydrogen-bond acceptors (Lipinski definition) is 2. The Morgan fingerprint density at radius 2 is 1.90 bits per heavy atom. The first-order valence-electron chi connectivity index (χ1n) is 8.79. The second kappa shape index (κ2) is 8.55. The number of hydrogen-bond donors (Lipinski definition) is 1. The summed E-state index contributed by atoms with van der Waals surface area (Å²) in [6.45, 7) is 7.99. The molecule has 2 N–H and O–H groups in total. The Labute approximate surface area is 130 Å². The van der Waals surface area contributed by atoms with Gasteiger partial charge in [-0.25, -0.2) is 0 Å². The Bertz CT molecular complexity index is 399. The summed E-state index contributed by atoms with van der Waals surface area (Å²) in [6.07, 6.45) is 7.78. The van der Waals surface area contributed by atoms with Gasteiger partial charge in [-0.15, -0.1) is 0 Å². The Morgan fingerprint density at radius 3 is 2.57 bits per heavy atom. The second-order valence-corrected chi connectivity index (χ2v) is 6.60. The molecule has 1 aromatic carbocycles. The fourth-order valence-corrected chi connectivity index (χ4v) is 3.42. The van der Waals surface area contributed by atoms with E-state index in [-0.39, 0.29) is 6.04 Å². The fourth-order valence-electron chi connectivity index (χ4n) is 3.42. The van der Waals surface area contributed by atoms with E-state index in [1.807, 2.05) is 0 Å². The Balaban J connectivity index is 1.86. The topological polar surface area (TPSA) is 29.3 Å². The third-order valence-electron chi connectivity index (χ3n) is 4.92. The van der Waals surface area contributed by atoms with Gasteiger partial charge in [-0.3, -0.25) is 0 Å². The number of likely N-dealkylation sites (tertiary alicyclic amines) is 1. The molecule has 0 radical (unpaired) electrons. The second-order valence-electron chi connectivity index (χ2n) is 6.60. The average Bonchev–Trinajstić information content (AvgIpc) is 2.73. The van der Waals surface area contributed by atoms with Gasteiger partial charge >= 0.3 is 0 Å². The number of nitrogens with two attached hydrogens (primary N) is 1.